The molecule has 1 rings (SSSR count). The molecule has 0 spiro atoms. The van der Waals surface area contributed by atoms with Crippen molar-refractivity contribution in [2.45, 2.75) is 26.7 Å². The minimum atomic E-state index is 0.0695. The Balaban J connectivity index is 2.51. The average Bonchev–Trinajstić information content (AvgIpc) is 2.20. The third kappa shape index (κ3) is 4.67. The average molecular weight is 240 g/mol. The van der Waals surface area contributed by atoms with E-state index in [0.29, 0.717) is 18.2 Å². The summed E-state index contributed by atoms with van der Waals surface area (Å²) < 4.78 is 0. The lowest BCUT2D eigenvalue weighted by Gasteiger charge is -2.07. The second kappa shape index (κ2) is 6.54. The molecule has 0 radical (unpaired) electrons. The van der Waals surface area contributed by atoms with Crippen LogP contribution < -0.4 is 5.32 Å². The summed E-state index contributed by atoms with van der Waals surface area (Å²) in [7, 11) is 0. The lowest BCUT2D eigenvalue weighted by Crippen LogP contribution is -2.13. The highest BCUT2D eigenvalue weighted by Gasteiger charge is 2.04. The number of carbonyl (C=O) groups excluding carboxylic acids is 1. The van der Waals surface area contributed by atoms with Crippen molar-refractivity contribution >= 4 is 23.2 Å². The maximum absolute atomic E-state index is 11.5. The van der Waals surface area contributed by atoms with Crippen LogP contribution in [0.5, 0.6) is 0 Å². The number of nitrogens with one attached hydrogen (secondary N) is 1. The topological polar surface area (TPSA) is 29.1 Å². The molecule has 3 heteroatoms. The molecular weight excluding hydrogens is 222 g/mol. The van der Waals surface area contributed by atoms with Gasteiger partial charge in [-0.05, 0) is 30.0 Å². The Morgan fingerprint density at radius 1 is 1.31 bits per heavy atom. The van der Waals surface area contributed by atoms with Gasteiger partial charge in [0.25, 0.3) is 0 Å². The van der Waals surface area contributed by atoms with Crippen LogP contribution >= 0.6 is 11.6 Å². The Morgan fingerprint density at radius 2 is 1.94 bits per heavy atom. The Hall–Kier alpha value is -1.02. The fourth-order valence-corrected chi connectivity index (χ4v) is 1.66. The highest BCUT2D eigenvalue weighted by atomic mass is 35.5. The number of amides is 1. The maximum Gasteiger partial charge on any atom is 0.224 e. The van der Waals surface area contributed by atoms with Gasteiger partial charge in [0.2, 0.25) is 5.91 Å². The fourth-order valence-electron chi connectivity index (χ4n) is 1.45. The highest BCUT2D eigenvalue weighted by molar-refractivity contribution is 6.17. The predicted octanol–water partition coefficient (Wildman–Crippen LogP) is 3.45. The van der Waals surface area contributed by atoms with E-state index in [2.05, 4.69) is 5.32 Å². The zero-order valence-corrected chi connectivity index (χ0v) is 10.6. The molecule has 0 unspecified atom stereocenters. The van der Waals surface area contributed by atoms with Crippen molar-refractivity contribution < 1.29 is 4.79 Å². The van der Waals surface area contributed by atoms with Gasteiger partial charge in [-0.25, -0.2) is 0 Å². The van der Waals surface area contributed by atoms with Crippen LogP contribution in [0.25, 0.3) is 0 Å². The van der Waals surface area contributed by atoms with Crippen molar-refractivity contribution in [3.8, 4) is 0 Å². The third-order valence-corrected chi connectivity index (χ3v) is 2.40. The van der Waals surface area contributed by atoms with Crippen LogP contribution in [0.15, 0.2) is 24.3 Å². The van der Waals surface area contributed by atoms with Crippen LogP contribution in [0.1, 0.15) is 25.8 Å². The van der Waals surface area contributed by atoms with Crippen molar-refractivity contribution in [1.29, 1.82) is 0 Å². The number of aryl methyl sites for hydroxylation is 1. The van der Waals surface area contributed by atoms with Crippen LogP contribution in [0.4, 0.5) is 5.69 Å². The molecule has 1 amide bonds. The quantitative estimate of drug-likeness (QED) is 0.784. The normalized spacial score (nSPS) is 10.5. The standard InChI is InChI=1S/C13H18ClNO/c1-10(2)9-13(16)15-12-5-3-11(4-6-12)7-8-14/h3-6,10H,7-9H2,1-2H3,(H,15,16). The predicted molar refractivity (Wildman–Crippen MR) is 69.0 cm³/mol. The maximum atomic E-state index is 11.5. The monoisotopic (exact) mass is 239 g/mol. The number of halogens is 1. The Kier molecular flexibility index (Phi) is 5.33. The lowest BCUT2D eigenvalue weighted by molar-refractivity contribution is -0.116. The molecule has 1 aromatic rings. The van der Waals surface area contributed by atoms with E-state index >= 15 is 0 Å². The van der Waals surface area contributed by atoms with Gasteiger partial charge >= 0.3 is 0 Å². The third-order valence-electron chi connectivity index (χ3n) is 2.21. The highest BCUT2D eigenvalue weighted by Crippen LogP contribution is 2.11. The van der Waals surface area contributed by atoms with Gasteiger partial charge in [0, 0.05) is 18.0 Å². The van der Waals surface area contributed by atoms with Gasteiger partial charge in [0.1, 0.15) is 0 Å². The van der Waals surface area contributed by atoms with Crippen LogP contribution in [0.2, 0.25) is 0 Å². The number of carbonyl (C=O) groups is 1. The van der Waals surface area contributed by atoms with E-state index in [1.54, 1.807) is 0 Å². The molecule has 0 aliphatic carbocycles. The van der Waals surface area contributed by atoms with Crippen molar-refractivity contribution in [1.82, 2.24) is 0 Å². The Labute approximate surface area is 102 Å². The molecule has 2 nitrogen and oxygen atoms in total. The molecule has 16 heavy (non-hydrogen) atoms. The van der Waals surface area contributed by atoms with Crippen molar-refractivity contribution in [3.05, 3.63) is 29.8 Å². The van der Waals surface area contributed by atoms with Gasteiger partial charge in [0.05, 0.1) is 0 Å². The zero-order chi connectivity index (χ0) is 12.0. The Morgan fingerprint density at radius 3 is 2.44 bits per heavy atom. The first-order chi connectivity index (χ1) is 7.61. The summed E-state index contributed by atoms with van der Waals surface area (Å²) >= 11 is 5.65. The van der Waals surface area contributed by atoms with E-state index in [1.165, 1.54) is 5.56 Å². The van der Waals surface area contributed by atoms with E-state index in [-0.39, 0.29) is 5.91 Å². The lowest BCUT2D eigenvalue weighted by atomic mass is 10.1. The number of anilines is 1. The molecule has 1 aromatic carbocycles. The van der Waals surface area contributed by atoms with Crippen molar-refractivity contribution in [3.63, 3.8) is 0 Å². The molecular formula is C13H18ClNO. The fraction of sp³-hybridized carbons (Fsp3) is 0.462. The number of benzene rings is 1. The molecule has 0 fully saturated rings. The number of alkyl halides is 1. The molecule has 0 atom stereocenters. The first-order valence-corrected chi connectivity index (χ1v) is 6.10. The second-order valence-electron chi connectivity index (χ2n) is 4.28. The molecule has 1 N–H and O–H groups in total. The number of hydrogen-bond acceptors (Lipinski definition) is 1. The van der Waals surface area contributed by atoms with Crippen molar-refractivity contribution in [2.75, 3.05) is 11.2 Å². The van der Waals surface area contributed by atoms with E-state index in [0.717, 1.165) is 12.1 Å². The minimum Gasteiger partial charge on any atom is -0.326 e. The van der Waals surface area contributed by atoms with E-state index in [4.69, 9.17) is 11.6 Å². The van der Waals surface area contributed by atoms with Gasteiger partial charge in [-0.2, -0.15) is 0 Å². The van der Waals surface area contributed by atoms with E-state index < -0.39 is 0 Å². The minimum absolute atomic E-state index is 0.0695. The summed E-state index contributed by atoms with van der Waals surface area (Å²) in [5, 5.41) is 2.87. The SMILES string of the molecule is CC(C)CC(=O)Nc1ccc(CCCl)cc1. The van der Waals surface area contributed by atoms with Crippen LogP contribution in [-0.2, 0) is 11.2 Å². The van der Waals surface area contributed by atoms with Crippen LogP contribution in [0.3, 0.4) is 0 Å². The first-order valence-electron chi connectivity index (χ1n) is 5.56. The smallest absolute Gasteiger partial charge is 0.224 e. The van der Waals surface area contributed by atoms with E-state index in [1.807, 2.05) is 38.1 Å². The summed E-state index contributed by atoms with van der Waals surface area (Å²) in [6.07, 6.45) is 1.42. The molecule has 0 aliphatic rings. The van der Waals surface area contributed by atoms with Gasteiger partial charge in [-0.1, -0.05) is 26.0 Å². The summed E-state index contributed by atoms with van der Waals surface area (Å²) in [5.41, 5.74) is 2.04. The van der Waals surface area contributed by atoms with Gasteiger partial charge in [-0.15, -0.1) is 11.6 Å². The van der Waals surface area contributed by atoms with Crippen molar-refractivity contribution in [2.24, 2.45) is 5.92 Å². The van der Waals surface area contributed by atoms with Gasteiger partial charge in [0.15, 0.2) is 0 Å². The van der Waals surface area contributed by atoms with E-state index in [9.17, 15) is 4.79 Å². The van der Waals surface area contributed by atoms with Crippen LogP contribution in [-0.4, -0.2) is 11.8 Å². The van der Waals surface area contributed by atoms with Gasteiger partial charge < -0.3 is 5.32 Å². The number of hydrogen-bond donors (Lipinski definition) is 1. The zero-order valence-electron chi connectivity index (χ0n) is 9.79. The molecule has 0 saturated heterocycles. The molecule has 0 heterocycles. The summed E-state index contributed by atoms with van der Waals surface area (Å²) in [6, 6.07) is 7.82. The molecule has 0 aliphatic heterocycles. The number of rotatable bonds is 5. The largest absolute Gasteiger partial charge is 0.326 e. The molecule has 0 aromatic heterocycles. The first kappa shape index (κ1) is 13.0. The summed E-state index contributed by atoms with van der Waals surface area (Å²) in [5.74, 6) is 1.08. The molecule has 0 saturated carbocycles. The summed E-state index contributed by atoms with van der Waals surface area (Å²) in [4.78, 5) is 11.5. The van der Waals surface area contributed by atoms with Gasteiger partial charge in [-0.3, -0.25) is 4.79 Å². The molecule has 88 valence electrons. The summed E-state index contributed by atoms with van der Waals surface area (Å²) in [6.45, 7) is 4.06. The van der Waals surface area contributed by atoms with Crippen LogP contribution in [0, 0.1) is 5.92 Å². The Bertz CT molecular complexity index is 332. The second-order valence-corrected chi connectivity index (χ2v) is 4.66. The molecule has 0 bridgehead atoms.